The molecule has 0 saturated carbocycles. The summed E-state index contributed by atoms with van der Waals surface area (Å²) in [6.45, 7) is 2.15. The fourth-order valence-electron chi connectivity index (χ4n) is 5.16. The van der Waals surface area contributed by atoms with E-state index in [0.29, 0.717) is 0 Å². The van der Waals surface area contributed by atoms with Gasteiger partial charge in [-0.1, -0.05) is 48.5 Å². The number of fused-ring (bicyclic) bond motifs is 1. The van der Waals surface area contributed by atoms with Gasteiger partial charge in [0.1, 0.15) is 0 Å². The SMILES string of the molecule is COC(=O)Cc1c[nH]c2ccc(CC(=O)NC(c3ccccc3)c3cccc(N4CCCCC4)c3)cc12. The topological polar surface area (TPSA) is 74.4 Å². The van der Waals surface area contributed by atoms with Crippen LogP contribution in [0.3, 0.4) is 0 Å². The molecule has 1 fully saturated rings. The molecular weight excluding hydrogens is 462 g/mol. The maximum Gasteiger partial charge on any atom is 0.310 e. The van der Waals surface area contributed by atoms with Gasteiger partial charge in [-0.05, 0) is 65.8 Å². The smallest absolute Gasteiger partial charge is 0.310 e. The Balaban J connectivity index is 1.37. The van der Waals surface area contributed by atoms with Crippen molar-refractivity contribution in [2.75, 3.05) is 25.1 Å². The monoisotopic (exact) mass is 495 g/mol. The lowest BCUT2D eigenvalue weighted by Crippen LogP contribution is -2.31. The van der Waals surface area contributed by atoms with Crippen LogP contribution in [0, 0.1) is 0 Å². The molecule has 0 aliphatic carbocycles. The number of nitrogens with one attached hydrogen (secondary N) is 2. The molecule has 0 bridgehead atoms. The van der Waals surface area contributed by atoms with Gasteiger partial charge in [0.2, 0.25) is 5.91 Å². The van der Waals surface area contributed by atoms with Crippen LogP contribution >= 0.6 is 0 Å². The molecule has 1 aliphatic heterocycles. The Labute approximate surface area is 217 Å². The number of anilines is 1. The van der Waals surface area contributed by atoms with Gasteiger partial charge in [0.15, 0.2) is 0 Å². The third-order valence-corrected chi connectivity index (χ3v) is 7.12. The summed E-state index contributed by atoms with van der Waals surface area (Å²) in [5.41, 5.74) is 6.02. The Hall–Kier alpha value is -4.06. The van der Waals surface area contributed by atoms with Crippen molar-refractivity contribution >= 4 is 28.5 Å². The minimum Gasteiger partial charge on any atom is -0.469 e. The summed E-state index contributed by atoms with van der Waals surface area (Å²) in [6, 6.07) is 24.3. The molecule has 3 aromatic carbocycles. The third kappa shape index (κ3) is 5.85. The molecule has 1 aliphatic rings. The van der Waals surface area contributed by atoms with Crippen LogP contribution in [-0.2, 0) is 27.2 Å². The number of piperidine rings is 1. The number of aromatic nitrogens is 1. The predicted octanol–water partition coefficient (Wildman–Crippen LogP) is 5.32. The summed E-state index contributed by atoms with van der Waals surface area (Å²) in [5.74, 6) is -0.344. The van der Waals surface area contributed by atoms with E-state index < -0.39 is 0 Å². The normalized spacial score (nSPS) is 14.4. The molecule has 190 valence electrons. The molecule has 1 saturated heterocycles. The van der Waals surface area contributed by atoms with Crippen molar-refractivity contribution < 1.29 is 14.3 Å². The first-order valence-corrected chi connectivity index (χ1v) is 13.0. The number of amides is 1. The number of H-pyrrole nitrogens is 1. The Morgan fingerprint density at radius 1 is 0.919 bits per heavy atom. The molecule has 4 aromatic rings. The van der Waals surface area contributed by atoms with Gasteiger partial charge in [0.05, 0.1) is 26.0 Å². The van der Waals surface area contributed by atoms with Crippen LogP contribution in [0.5, 0.6) is 0 Å². The van der Waals surface area contributed by atoms with Gasteiger partial charge in [0.25, 0.3) is 0 Å². The first kappa shape index (κ1) is 24.6. The largest absolute Gasteiger partial charge is 0.469 e. The van der Waals surface area contributed by atoms with Crippen LogP contribution < -0.4 is 10.2 Å². The van der Waals surface area contributed by atoms with Crippen molar-refractivity contribution in [2.45, 2.75) is 38.1 Å². The second kappa shape index (κ2) is 11.3. The van der Waals surface area contributed by atoms with Crippen molar-refractivity contribution in [3.63, 3.8) is 0 Å². The van der Waals surface area contributed by atoms with Gasteiger partial charge in [-0.15, -0.1) is 0 Å². The fourth-order valence-corrected chi connectivity index (χ4v) is 5.16. The summed E-state index contributed by atoms with van der Waals surface area (Å²) in [5, 5.41) is 4.22. The highest BCUT2D eigenvalue weighted by atomic mass is 16.5. The molecule has 2 heterocycles. The van der Waals surface area contributed by atoms with E-state index >= 15 is 0 Å². The van der Waals surface area contributed by atoms with E-state index in [-0.39, 0.29) is 30.8 Å². The summed E-state index contributed by atoms with van der Waals surface area (Å²) in [4.78, 5) is 30.8. The minimum absolute atomic E-state index is 0.0540. The summed E-state index contributed by atoms with van der Waals surface area (Å²) in [7, 11) is 1.39. The summed E-state index contributed by atoms with van der Waals surface area (Å²) in [6.07, 6.45) is 5.99. The molecule has 6 heteroatoms. The number of ether oxygens (including phenoxy) is 1. The lowest BCUT2D eigenvalue weighted by molar-refractivity contribution is -0.139. The highest BCUT2D eigenvalue weighted by Crippen LogP contribution is 2.28. The minimum atomic E-state index is -0.290. The van der Waals surface area contributed by atoms with Crippen LogP contribution in [-0.4, -0.2) is 37.1 Å². The fraction of sp³-hybridized carbons (Fsp3) is 0.290. The average molecular weight is 496 g/mol. The Bertz CT molecular complexity index is 1370. The zero-order valence-corrected chi connectivity index (χ0v) is 21.2. The number of hydrogen-bond donors (Lipinski definition) is 2. The van der Waals surface area contributed by atoms with Crippen molar-refractivity contribution in [3.05, 3.63) is 101 Å². The van der Waals surface area contributed by atoms with Gasteiger partial charge in [0, 0.05) is 35.9 Å². The van der Waals surface area contributed by atoms with Crippen molar-refractivity contribution in [3.8, 4) is 0 Å². The van der Waals surface area contributed by atoms with E-state index in [9.17, 15) is 9.59 Å². The van der Waals surface area contributed by atoms with Gasteiger partial charge in [-0.2, -0.15) is 0 Å². The Kier molecular flexibility index (Phi) is 7.54. The number of carbonyl (C=O) groups is 2. The molecule has 0 radical (unpaired) electrons. The quantitative estimate of drug-likeness (QED) is 0.325. The van der Waals surface area contributed by atoms with Crippen molar-refractivity contribution in [2.24, 2.45) is 0 Å². The molecule has 0 spiro atoms. The maximum absolute atomic E-state index is 13.3. The second-order valence-corrected chi connectivity index (χ2v) is 9.68. The van der Waals surface area contributed by atoms with Crippen molar-refractivity contribution in [1.29, 1.82) is 0 Å². The molecule has 5 rings (SSSR count). The number of benzene rings is 3. The number of nitrogens with zero attached hydrogens (tertiary/aromatic N) is 1. The van der Waals surface area contributed by atoms with E-state index in [4.69, 9.17) is 4.74 Å². The lowest BCUT2D eigenvalue weighted by Gasteiger charge is -2.30. The Morgan fingerprint density at radius 2 is 1.70 bits per heavy atom. The van der Waals surface area contributed by atoms with Crippen LogP contribution in [0.1, 0.15) is 47.6 Å². The molecular formula is C31H33N3O3. The molecule has 1 aromatic heterocycles. The van der Waals surface area contributed by atoms with Crippen LogP contribution in [0.2, 0.25) is 0 Å². The standard InChI is InChI=1S/C31H33N3O3/c1-37-30(36)20-25-21-32-28-14-13-22(17-27(25)28)18-29(35)33-31(23-9-4-2-5-10-23)24-11-8-12-26(19-24)34-15-6-3-7-16-34/h2,4-5,8-14,17,19,21,31-32H,3,6-7,15-16,18,20H2,1H3,(H,33,35). The second-order valence-electron chi connectivity index (χ2n) is 9.68. The summed E-state index contributed by atoms with van der Waals surface area (Å²) >= 11 is 0. The van der Waals surface area contributed by atoms with E-state index in [1.807, 2.05) is 42.6 Å². The van der Waals surface area contributed by atoms with Gasteiger partial charge in [-0.25, -0.2) is 0 Å². The van der Waals surface area contributed by atoms with E-state index in [0.717, 1.165) is 46.2 Å². The zero-order valence-electron chi connectivity index (χ0n) is 21.2. The molecule has 2 N–H and O–H groups in total. The highest BCUT2D eigenvalue weighted by Gasteiger charge is 2.20. The molecule has 1 atom stereocenters. The third-order valence-electron chi connectivity index (χ3n) is 7.12. The summed E-state index contributed by atoms with van der Waals surface area (Å²) < 4.78 is 4.82. The lowest BCUT2D eigenvalue weighted by atomic mass is 9.97. The average Bonchev–Trinajstić information content (AvgIpc) is 3.34. The number of aromatic amines is 1. The number of rotatable bonds is 8. The van der Waals surface area contributed by atoms with Gasteiger partial charge in [-0.3, -0.25) is 9.59 Å². The molecule has 37 heavy (non-hydrogen) atoms. The van der Waals surface area contributed by atoms with E-state index in [2.05, 4.69) is 51.6 Å². The molecule has 1 unspecified atom stereocenters. The maximum atomic E-state index is 13.3. The zero-order chi connectivity index (χ0) is 25.6. The van der Waals surface area contributed by atoms with Gasteiger partial charge >= 0.3 is 5.97 Å². The van der Waals surface area contributed by atoms with E-state index in [1.165, 1.54) is 32.1 Å². The van der Waals surface area contributed by atoms with Crippen LogP contribution in [0.25, 0.3) is 10.9 Å². The first-order chi connectivity index (χ1) is 18.1. The Morgan fingerprint density at radius 3 is 2.49 bits per heavy atom. The number of carbonyl (C=O) groups excluding carboxylic acids is 2. The van der Waals surface area contributed by atoms with Crippen molar-refractivity contribution in [1.82, 2.24) is 10.3 Å². The van der Waals surface area contributed by atoms with E-state index in [1.54, 1.807) is 0 Å². The number of esters is 1. The molecule has 1 amide bonds. The van der Waals surface area contributed by atoms with Gasteiger partial charge < -0.3 is 19.9 Å². The van der Waals surface area contributed by atoms with Crippen LogP contribution in [0.4, 0.5) is 5.69 Å². The predicted molar refractivity (Wildman–Crippen MR) is 147 cm³/mol. The number of methoxy groups -OCH3 is 1. The highest BCUT2D eigenvalue weighted by molar-refractivity contribution is 5.89. The van der Waals surface area contributed by atoms with Crippen LogP contribution in [0.15, 0.2) is 79.0 Å². The number of hydrogen-bond acceptors (Lipinski definition) is 4. The first-order valence-electron chi connectivity index (χ1n) is 13.0. The molecule has 6 nitrogen and oxygen atoms in total.